The average Bonchev–Trinajstić information content (AvgIpc) is 1.84. The van der Waals surface area contributed by atoms with Crippen molar-refractivity contribution in [1.82, 2.24) is 9.80 Å². The number of hydrogen-bond acceptors (Lipinski definition) is 17. The Balaban J connectivity index is 0.000000326. The number of nitrogens with zero attached hydrogens (tertiary/aromatic N) is 2. The summed E-state index contributed by atoms with van der Waals surface area (Å²) < 4.78 is 84.7. The van der Waals surface area contributed by atoms with Gasteiger partial charge < -0.3 is 60.5 Å². The van der Waals surface area contributed by atoms with Gasteiger partial charge in [0.2, 0.25) is 11.8 Å². The summed E-state index contributed by atoms with van der Waals surface area (Å²) in [4.78, 5) is 46.7. The predicted molar refractivity (Wildman–Crippen MR) is 328 cm³/mol. The van der Waals surface area contributed by atoms with E-state index in [4.69, 9.17) is 91.4 Å². The number of aliphatic carboxylic acids is 1. The first-order chi connectivity index (χ1) is 40.5. The van der Waals surface area contributed by atoms with E-state index in [0.29, 0.717) is 148 Å². The molecular weight excluding hydrogens is 1220 g/mol. The number of Topliss-reactive ketones (excluding diaryl/α,β-unsaturated/α-hetero) is 1. The number of carboxylic acids is 1. The molecule has 472 valence electrons. The lowest BCUT2D eigenvalue weighted by atomic mass is 9.85. The summed E-state index contributed by atoms with van der Waals surface area (Å²) >= 11 is 25.5. The molecule has 0 saturated carbocycles. The van der Waals surface area contributed by atoms with Crippen LogP contribution >= 0.6 is 46.4 Å². The van der Waals surface area contributed by atoms with E-state index >= 15 is 0 Å². The van der Waals surface area contributed by atoms with Crippen molar-refractivity contribution >= 4 is 89.6 Å². The van der Waals surface area contributed by atoms with Crippen LogP contribution in [0.4, 0.5) is 0 Å². The lowest BCUT2D eigenvalue weighted by molar-refractivity contribution is -0.138. The van der Waals surface area contributed by atoms with Gasteiger partial charge in [0.15, 0.2) is 19.7 Å². The highest BCUT2D eigenvalue weighted by Gasteiger charge is 2.30. The van der Waals surface area contributed by atoms with Crippen LogP contribution in [0, 0.1) is 0 Å². The second-order valence-electron chi connectivity index (χ2n) is 20.3. The van der Waals surface area contributed by atoms with Gasteiger partial charge in [-0.15, -0.1) is 0 Å². The minimum atomic E-state index is -3.49. The number of amides is 2. The van der Waals surface area contributed by atoms with Gasteiger partial charge in [0.05, 0.1) is 87.2 Å². The maximum Gasteiger partial charge on any atom is 0.303 e. The second-order valence-corrected chi connectivity index (χ2v) is 26.2. The van der Waals surface area contributed by atoms with Gasteiger partial charge in [0.1, 0.15) is 5.78 Å². The summed E-state index contributed by atoms with van der Waals surface area (Å²) in [7, 11) is -2.88. The van der Waals surface area contributed by atoms with Gasteiger partial charge in [-0.05, 0) is 115 Å². The molecule has 4 aromatic carbocycles. The number of hydrogen-bond donors (Lipinski definition) is 4. The number of benzene rings is 4. The van der Waals surface area contributed by atoms with Crippen molar-refractivity contribution in [3.05, 3.63) is 126 Å². The highest BCUT2D eigenvalue weighted by Crippen LogP contribution is 2.40. The van der Waals surface area contributed by atoms with Gasteiger partial charge in [-0.1, -0.05) is 70.7 Å². The number of nitrogens with two attached hydrogens (primary N) is 3. The highest BCUT2D eigenvalue weighted by molar-refractivity contribution is 7.91. The third kappa shape index (κ3) is 27.3. The standard InChI is InChI=1S/C30H40Cl2N2O7S.C25H34Cl2N2O5S.C4H7NO3/c1-34-20-27(26-18-23(31)19-29(32)28(26)21-34)22-5-2-7-25(17-22)42(37,38)16-4-11-40-13-15-41-14-12-39-10-3-6-24(35)8-9-30(33)36;1-29-17-23(22-15-20(26)16-25(27)24(22)18-29)19-4-2-5-21(14-19)35(30,31)13-3-7-32-9-11-34-12-10-33-8-6-28;5-3(6)1-2-4(7)8/h2,5,7,17-19,27H,3-4,6,8-16,20-21H2,1H3,(H2,33,36);2,4-5,14-16,23H,3,6-13,17-18,28H2,1H3;1-2H2,(H2,5,6)(H,7,8). The number of carboxylic acid groups (broad SMARTS) is 1. The average molecular weight is 1310 g/mol. The maximum atomic E-state index is 13.1. The molecule has 2 unspecified atom stereocenters. The van der Waals surface area contributed by atoms with Crippen molar-refractivity contribution in [1.29, 1.82) is 0 Å². The van der Waals surface area contributed by atoms with Crippen LogP contribution in [0.25, 0.3) is 0 Å². The normalized spacial score (nSPS) is 15.2. The molecular formula is C59H81Cl4N5O15S2. The van der Waals surface area contributed by atoms with E-state index in [2.05, 4.69) is 15.5 Å². The van der Waals surface area contributed by atoms with Crippen LogP contribution in [-0.2, 0) is 80.4 Å². The molecule has 0 fully saturated rings. The van der Waals surface area contributed by atoms with Crippen molar-refractivity contribution in [3.8, 4) is 0 Å². The molecule has 7 N–H and O–H groups in total. The van der Waals surface area contributed by atoms with Crippen LogP contribution < -0.4 is 17.2 Å². The molecule has 2 heterocycles. The largest absolute Gasteiger partial charge is 0.481 e. The van der Waals surface area contributed by atoms with Crippen molar-refractivity contribution in [2.45, 2.75) is 86.1 Å². The smallest absolute Gasteiger partial charge is 0.303 e. The number of primary amides is 2. The Morgan fingerprint density at radius 1 is 0.518 bits per heavy atom. The minimum absolute atomic E-state index is 0.00209. The zero-order chi connectivity index (χ0) is 62.4. The maximum absolute atomic E-state index is 13.1. The monoisotopic (exact) mass is 1300 g/mol. The van der Waals surface area contributed by atoms with Crippen LogP contribution in [0.2, 0.25) is 20.1 Å². The molecule has 0 radical (unpaired) electrons. The molecule has 2 aliphatic heterocycles. The van der Waals surface area contributed by atoms with E-state index in [1.807, 2.05) is 38.4 Å². The van der Waals surface area contributed by atoms with E-state index in [9.17, 15) is 36.0 Å². The fourth-order valence-corrected chi connectivity index (χ4v) is 13.0. The molecule has 0 aromatic heterocycles. The zero-order valence-electron chi connectivity index (χ0n) is 48.3. The van der Waals surface area contributed by atoms with Crippen molar-refractivity contribution in [3.63, 3.8) is 0 Å². The fourth-order valence-electron chi connectivity index (χ4n) is 9.20. The van der Waals surface area contributed by atoms with E-state index < -0.39 is 37.5 Å². The van der Waals surface area contributed by atoms with E-state index in [1.54, 1.807) is 48.5 Å². The molecule has 2 amide bonds. The summed E-state index contributed by atoms with van der Waals surface area (Å²) in [6, 6.07) is 21.7. The predicted octanol–water partition coefficient (Wildman–Crippen LogP) is 7.48. The number of likely N-dealkylation sites (N-methyl/N-ethyl adjacent to an activating group) is 2. The van der Waals surface area contributed by atoms with Gasteiger partial charge in [-0.25, -0.2) is 16.8 Å². The van der Waals surface area contributed by atoms with E-state index in [1.165, 1.54) is 0 Å². The number of sulfone groups is 2. The molecule has 6 rings (SSSR count). The Morgan fingerprint density at radius 3 is 1.27 bits per heavy atom. The zero-order valence-corrected chi connectivity index (χ0v) is 52.9. The number of ketones is 1. The Labute approximate surface area is 520 Å². The van der Waals surface area contributed by atoms with Crippen molar-refractivity contribution < 1.29 is 69.5 Å². The van der Waals surface area contributed by atoms with Gasteiger partial charge in [0.25, 0.3) is 0 Å². The van der Waals surface area contributed by atoms with Crippen molar-refractivity contribution in [2.75, 3.05) is 125 Å². The Bertz CT molecular complexity index is 2990. The molecule has 2 aliphatic rings. The fraction of sp³-hybridized carbons (Fsp3) is 0.525. The molecule has 0 spiro atoms. The summed E-state index contributed by atoms with van der Waals surface area (Å²) in [5.41, 5.74) is 21.0. The molecule has 20 nitrogen and oxygen atoms in total. The topological polar surface area (TPSA) is 297 Å². The van der Waals surface area contributed by atoms with Gasteiger partial charge in [-0.2, -0.15) is 0 Å². The lowest BCUT2D eigenvalue weighted by Crippen LogP contribution is -2.31. The molecule has 85 heavy (non-hydrogen) atoms. The molecule has 0 bridgehead atoms. The van der Waals surface area contributed by atoms with Crippen molar-refractivity contribution in [2.24, 2.45) is 17.2 Å². The molecule has 0 aliphatic carbocycles. The SMILES string of the molecule is CN1Cc2c(Cl)cc(Cl)cc2C(c2cccc(S(=O)(=O)CCCOCCOCCOCCCC(=O)CCC(N)=O)c2)C1.CN1Cc2c(Cl)cc(Cl)cc2C(c2cccc(S(=O)(=O)CCCOCCOCCOCCN)c2)C1.NC(=O)CCC(=O)O. The second kappa shape index (κ2) is 38.8. The number of ether oxygens (including phenoxy) is 6. The summed E-state index contributed by atoms with van der Waals surface area (Å²) in [5, 5.41) is 10.4. The van der Waals surface area contributed by atoms with E-state index in [0.717, 1.165) is 53.0 Å². The van der Waals surface area contributed by atoms with Crippen LogP contribution in [0.3, 0.4) is 0 Å². The molecule has 2 atom stereocenters. The number of carbonyl (C=O) groups excluding carboxylic acids is 3. The van der Waals surface area contributed by atoms with Gasteiger partial charge >= 0.3 is 5.97 Å². The number of halogens is 4. The molecule has 4 aromatic rings. The molecule has 0 saturated heterocycles. The minimum Gasteiger partial charge on any atom is -0.481 e. The Morgan fingerprint density at radius 2 is 0.894 bits per heavy atom. The highest BCUT2D eigenvalue weighted by atomic mass is 35.5. The number of fused-ring (bicyclic) bond motifs is 2. The van der Waals surface area contributed by atoms with Crippen LogP contribution in [-0.4, -0.2) is 180 Å². The first kappa shape index (κ1) is 73.1. The molecule has 26 heteroatoms. The number of rotatable bonds is 36. The van der Waals surface area contributed by atoms with Gasteiger partial charge in [-0.3, -0.25) is 19.2 Å². The number of carbonyl (C=O) groups is 4. The third-order valence-corrected chi connectivity index (χ3v) is 18.1. The van der Waals surface area contributed by atoms with E-state index in [-0.39, 0.29) is 54.8 Å². The Kier molecular flexibility index (Phi) is 33.4. The van der Waals surface area contributed by atoms with Crippen LogP contribution in [0.5, 0.6) is 0 Å². The summed E-state index contributed by atoms with van der Waals surface area (Å²) in [5.74, 6) is -2.10. The third-order valence-electron chi connectivity index (χ3n) is 13.4. The lowest BCUT2D eigenvalue weighted by Gasteiger charge is -2.33. The summed E-state index contributed by atoms with van der Waals surface area (Å²) in [6.07, 6.45) is 1.74. The van der Waals surface area contributed by atoms with Gasteiger partial charge in [0, 0.05) is 110 Å². The van der Waals surface area contributed by atoms with Crippen LogP contribution in [0.15, 0.2) is 82.6 Å². The first-order valence-corrected chi connectivity index (χ1v) is 32.8. The summed E-state index contributed by atoms with van der Waals surface area (Å²) in [6.45, 7) is 8.37. The quantitative estimate of drug-likeness (QED) is 0.0321. The first-order valence-electron chi connectivity index (χ1n) is 28.0. The van der Waals surface area contributed by atoms with Crippen LogP contribution in [0.1, 0.15) is 96.6 Å². The Hall–Kier alpha value is -4.34.